The molecule has 2 rings (SSSR count). The second kappa shape index (κ2) is 6.76. The molecular weight excluding hydrogens is 303 g/mol. The van der Waals surface area contributed by atoms with E-state index in [4.69, 9.17) is 0 Å². The zero-order chi connectivity index (χ0) is 17.0. The Balaban J connectivity index is 2.04. The first kappa shape index (κ1) is 16.9. The third kappa shape index (κ3) is 3.49. The Morgan fingerprint density at radius 2 is 1.87 bits per heavy atom. The van der Waals surface area contributed by atoms with Crippen LogP contribution >= 0.6 is 0 Å². The number of benzene rings is 1. The van der Waals surface area contributed by atoms with Gasteiger partial charge in [-0.2, -0.15) is 0 Å². The average Bonchev–Trinajstić information content (AvgIpc) is 2.55. The van der Waals surface area contributed by atoms with Crippen LogP contribution in [0.5, 0.6) is 0 Å². The molecule has 0 saturated carbocycles. The molecule has 23 heavy (non-hydrogen) atoms. The molecule has 0 radical (unpaired) electrons. The lowest BCUT2D eigenvalue weighted by Gasteiger charge is -2.39. The van der Waals surface area contributed by atoms with Crippen molar-refractivity contribution >= 4 is 24.0 Å². The van der Waals surface area contributed by atoms with Crippen molar-refractivity contribution in [2.24, 2.45) is 5.41 Å². The van der Waals surface area contributed by atoms with Crippen LogP contribution in [0.25, 0.3) is 0 Å². The zero-order valence-corrected chi connectivity index (χ0v) is 12.9. The Morgan fingerprint density at radius 3 is 2.35 bits per heavy atom. The Labute approximate surface area is 133 Å². The number of hydrogen-bond acceptors (Lipinski definition) is 3. The van der Waals surface area contributed by atoms with Gasteiger partial charge in [0, 0.05) is 32.2 Å². The van der Waals surface area contributed by atoms with Crippen molar-refractivity contribution in [3.63, 3.8) is 0 Å². The van der Waals surface area contributed by atoms with Crippen LogP contribution in [0.4, 0.5) is 14.9 Å². The van der Waals surface area contributed by atoms with Crippen LogP contribution in [0.2, 0.25) is 0 Å². The van der Waals surface area contributed by atoms with E-state index in [0.717, 1.165) is 0 Å². The van der Waals surface area contributed by atoms with Crippen molar-refractivity contribution in [2.45, 2.75) is 19.3 Å². The van der Waals surface area contributed by atoms with Crippen molar-refractivity contribution < 1.29 is 23.9 Å². The molecule has 2 amide bonds. The van der Waals surface area contributed by atoms with Gasteiger partial charge < -0.3 is 14.8 Å². The summed E-state index contributed by atoms with van der Waals surface area (Å²) in [5.74, 6) is -1.38. The van der Waals surface area contributed by atoms with Gasteiger partial charge >= 0.3 is 12.0 Å². The first-order valence-electron chi connectivity index (χ1n) is 7.35. The lowest BCUT2D eigenvalue weighted by Crippen LogP contribution is -2.50. The van der Waals surface area contributed by atoms with Gasteiger partial charge in [0.1, 0.15) is 12.1 Å². The van der Waals surface area contributed by atoms with Crippen molar-refractivity contribution in [3.05, 3.63) is 30.1 Å². The number of carboxylic acids is 1. The largest absolute Gasteiger partial charge is 0.481 e. The molecule has 1 saturated heterocycles. The number of aliphatic carboxylic acids is 1. The summed E-state index contributed by atoms with van der Waals surface area (Å²) in [5.41, 5.74) is -0.521. The molecule has 0 atom stereocenters. The second-order valence-electron chi connectivity index (χ2n) is 5.76. The number of likely N-dealkylation sites (tertiary alicyclic amines) is 1. The molecule has 6 nitrogen and oxygen atoms in total. The van der Waals surface area contributed by atoms with Crippen LogP contribution < -0.4 is 4.90 Å². The molecule has 7 heteroatoms. The predicted molar refractivity (Wildman–Crippen MR) is 81.8 cm³/mol. The minimum atomic E-state index is -1.08. The monoisotopic (exact) mass is 322 g/mol. The predicted octanol–water partition coefficient (Wildman–Crippen LogP) is 2.14. The van der Waals surface area contributed by atoms with Crippen LogP contribution in [0.1, 0.15) is 19.3 Å². The van der Waals surface area contributed by atoms with Gasteiger partial charge in [-0.3, -0.25) is 9.69 Å². The van der Waals surface area contributed by atoms with Crippen molar-refractivity contribution in [1.29, 1.82) is 0 Å². The number of piperidine rings is 1. The highest BCUT2D eigenvalue weighted by atomic mass is 19.1. The van der Waals surface area contributed by atoms with Gasteiger partial charge in [-0.15, -0.1) is 0 Å². The Kier molecular flexibility index (Phi) is 4.98. The SMILES string of the molecule is CN(C(=O)N1CCC(CC=O)(C(=O)O)CC1)c1ccc(F)cc1. The van der Waals surface area contributed by atoms with Crippen LogP contribution in [0.3, 0.4) is 0 Å². The lowest BCUT2D eigenvalue weighted by molar-refractivity contribution is -0.153. The first-order chi connectivity index (χ1) is 10.9. The number of hydrogen-bond donors (Lipinski definition) is 1. The van der Waals surface area contributed by atoms with E-state index in [1.807, 2.05) is 0 Å². The normalized spacial score (nSPS) is 16.7. The summed E-state index contributed by atoms with van der Waals surface area (Å²) in [6.45, 7) is 0.537. The number of carbonyl (C=O) groups excluding carboxylic acids is 2. The molecule has 1 aliphatic rings. The van der Waals surface area contributed by atoms with Gasteiger partial charge in [-0.05, 0) is 37.1 Å². The molecular formula is C16H19FN2O4. The van der Waals surface area contributed by atoms with E-state index < -0.39 is 11.4 Å². The average molecular weight is 322 g/mol. The first-order valence-corrected chi connectivity index (χ1v) is 7.35. The van der Waals surface area contributed by atoms with E-state index >= 15 is 0 Å². The summed E-state index contributed by atoms with van der Waals surface area (Å²) in [7, 11) is 1.58. The van der Waals surface area contributed by atoms with E-state index in [9.17, 15) is 23.9 Å². The molecule has 1 fully saturated rings. The highest BCUT2D eigenvalue weighted by molar-refractivity contribution is 5.91. The molecule has 1 N–H and O–H groups in total. The summed E-state index contributed by atoms with van der Waals surface area (Å²) >= 11 is 0. The fourth-order valence-corrected chi connectivity index (χ4v) is 2.78. The van der Waals surface area contributed by atoms with E-state index in [1.54, 1.807) is 11.9 Å². The van der Waals surface area contributed by atoms with E-state index in [1.165, 1.54) is 29.2 Å². The van der Waals surface area contributed by atoms with Gasteiger partial charge in [-0.25, -0.2) is 9.18 Å². The smallest absolute Gasteiger partial charge is 0.324 e. The van der Waals surface area contributed by atoms with Gasteiger partial charge in [0.25, 0.3) is 0 Å². The maximum atomic E-state index is 12.9. The number of halogens is 1. The summed E-state index contributed by atoms with van der Waals surface area (Å²) in [6.07, 6.45) is 1.06. The Hall–Kier alpha value is -2.44. The Morgan fingerprint density at radius 1 is 1.30 bits per heavy atom. The van der Waals surface area contributed by atoms with Crippen molar-refractivity contribution in [3.8, 4) is 0 Å². The van der Waals surface area contributed by atoms with Crippen LogP contribution in [0, 0.1) is 11.2 Å². The molecule has 0 aromatic heterocycles. The molecule has 124 valence electrons. The number of carbonyl (C=O) groups is 3. The van der Waals surface area contributed by atoms with E-state index in [-0.39, 0.29) is 44.2 Å². The summed E-state index contributed by atoms with van der Waals surface area (Å²) in [6, 6.07) is 5.28. The van der Waals surface area contributed by atoms with Crippen LogP contribution in [-0.4, -0.2) is 48.4 Å². The third-order valence-electron chi connectivity index (χ3n) is 4.42. The molecule has 0 spiro atoms. The lowest BCUT2D eigenvalue weighted by atomic mass is 9.76. The number of amides is 2. The molecule has 1 aromatic carbocycles. The van der Waals surface area contributed by atoms with Crippen LogP contribution in [-0.2, 0) is 9.59 Å². The fraction of sp³-hybridized carbons (Fsp3) is 0.438. The molecule has 1 heterocycles. The quantitative estimate of drug-likeness (QED) is 0.862. The zero-order valence-electron chi connectivity index (χ0n) is 12.9. The minimum Gasteiger partial charge on any atom is -0.481 e. The van der Waals surface area contributed by atoms with Gasteiger partial charge in [0.15, 0.2) is 0 Å². The standard InChI is InChI=1S/C16H19FN2O4/c1-18(13-4-2-12(17)3-5-13)15(23)19-9-6-16(7-10-19,8-11-20)14(21)22/h2-5,11H,6-10H2,1H3,(H,21,22). The topological polar surface area (TPSA) is 77.9 Å². The number of aldehydes is 1. The summed E-state index contributed by atoms with van der Waals surface area (Å²) < 4.78 is 12.9. The number of nitrogens with zero attached hydrogens (tertiary/aromatic N) is 2. The van der Waals surface area contributed by atoms with Gasteiger partial charge in [0.05, 0.1) is 5.41 Å². The Bertz CT molecular complexity index is 595. The molecule has 1 aromatic rings. The summed E-state index contributed by atoms with van der Waals surface area (Å²) in [4.78, 5) is 37.6. The molecule has 1 aliphatic heterocycles. The molecule has 0 aliphatic carbocycles. The second-order valence-corrected chi connectivity index (χ2v) is 5.76. The van der Waals surface area contributed by atoms with Gasteiger partial charge in [0.2, 0.25) is 0 Å². The highest BCUT2D eigenvalue weighted by Gasteiger charge is 2.42. The van der Waals surface area contributed by atoms with E-state index in [2.05, 4.69) is 0 Å². The van der Waals surface area contributed by atoms with Crippen molar-refractivity contribution in [1.82, 2.24) is 4.90 Å². The number of anilines is 1. The fourth-order valence-electron chi connectivity index (χ4n) is 2.78. The molecule has 0 bridgehead atoms. The van der Waals surface area contributed by atoms with Gasteiger partial charge in [-0.1, -0.05) is 0 Å². The third-order valence-corrected chi connectivity index (χ3v) is 4.42. The maximum Gasteiger partial charge on any atom is 0.324 e. The van der Waals surface area contributed by atoms with Crippen LogP contribution in [0.15, 0.2) is 24.3 Å². The number of rotatable bonds is 4. The number of urea groups is 1. The molecule has 0 unspecified atom stereocenters. The van der Waals surface area contributed by atoms with Crippen molar-refractivity contribution in [2.75, 3.05) is 25.0 Å². The highest BCUT2D eigenvalue weighted by Crippen LogP contribution is 2.35. The minimum absolute atomic E-state index is 0.0435. The summed E-state index contributed by atoms with van der Waals surface area (Å²) in [5, 5.41) is 9.35. The van der Waals surface area contributed by atoms with E-state index in [0.29, 0.717) is 12.0 Å². The number of carboxylic acid groups (broad SMARTS) is 1. The maximum absolute atomic E-state index is 12.9.